The third kappa shape index (κ3) is 4.54. The summed E-state index contributed by atoms with van der Waals surface area (Å²) < 4.78 is 8.61. The molecule has 1 amide bonds. The van der Waals surface area contributed by atoms with Gasteiger partial charge in [-0.05, 0) is 26.0 Å². The molecular weight excluding hydrogens is 490 g/mol. The van der Waals surface area contributed by atoms with Crippen LogP contribution in [0.2, 0.25) is 0 Å². The van der Waals surface area contributed by atoms with E-state index in [4.69, 9.17) is 25.4 Å². The predicted molar refractivity (Wildman–Crippen MR) is 143 cm³/mol. The van der Waals surface area contributed by atoms with Crippen LogP contribution in [-0.2, 0) is 16.1 Å². The van der Waals surface area contributed by atoms with E-state index in [1.807, 2.05) is 42.6 Å². The number of anilines is 1. The maximum Gasteiger partial charge on any atom is 0.237 e. The van der Waals surface area contributed by atoms with Crippen molar-refractivity contribution in [3.63, 3.8) is 0 Å². The number of pyridine rings is 1. The van der Waals surface area contributed by atoms with Gasteiger partial charge in [-0.2, -0.15) is 0 Å². The number of thiazole rings is 1. The molecule has 4 aromatic heterocycles. The summed E-state index contributed by atoms with van der Waals surface area (Å²) in [5, 5.41) is 1.01. The van der Waals surface area contributed by atoms with Crippen molar-refractivity contribution in [2.45, 2.75) is 25.9 Å². The number of fused-ring (bicyclic) bond motifs is 2. The van der Waals surface area contributed by atoms with Gasteiger partial charge in [-0.1, -0.05) is 6.07 Å². The van der Waals surface area contributed by atoms with E-state index in [9.17, 15) is 4.79 Å². The van der Waals surface area contributed by atoms with Crippen LogP contribution in [-0.4, -0.2) is 98.1 Å². The number of carbonyl (C=O) groups excluding carboxylic acids is 1. The van der Waals surface area contributed by atoms with E-state index in [0.717, 1.165) is 78.3 Å². The Labute approximate surface area is 218 Å². The molecule has 2 N–H and O–H groups in total. The van der Waals surface area contributed by atoms with Crippen LogP contribution in [0, 0.1) is 0 Å². The van der Waals surface area contributed by atoms with Crippen molar-refractivity contribution in [1.29, 1.82) is 0 Å². The second-order valence-electron chi connectivity index (χ2n) is 9.98. The molecule has 12 heteroatoms. The zero-order valence-corrected chi connectivity index (χ0v) is 21.9. The third-order valence-electron chi connectivity index (χ3n) is 7.37. The van der Waals surface area contributed by atoms with Crippen molar-refractivity contribution in [3.05, 3.63) is 35.6 Å². The second-order valence-corrected chi connectivity index (χ2v) is 11.1. The number of nitrogens with zero attached hydrogens (tertiary/aromatic N) is 8. The van der Waals surface area contributed by atoms with Crippen LogP contribution >= 0.6 is 11.3 Å². The van der Waals surface area contributed by atoms with Gasteiger partial charge < -0.3 is 15.4 Å². The van der Waals surface area contributed by atoms with Gasteiger partial charge in [-0.15, -0.1) is 11.3 Å². The number of amides is 1. The largest absolute Gasteiger partial charge is 0.378 e. The van der Waals surface area contributed by atoms with Gasteiger partial charge in [-0.3, -0.25) is 19.0 Å². The average Bonchev–Trinajstić information content (AvgIpc) is 3.55. The Morgan fingerprint density at radius 3 is 2.62 bits per heavy atom. The number of aromatic nitrogens is 5. The molecule has 2 aliphatic rings. The molecule has 6 heterocycles. The summed E-state index contributed by atoms with van der Waals surface area (Å²) in [5.74, 6) is 1.26. The molecule has 0 aromatic carbocycles. The summed E-state index contributed by atoms with van der Waals surface area (Å²) in [6, 6.07) is 5.96. The lowest BCUT2D eigenvalue weighted by Crippen LogP contribution is -2.59. The van der Waals surface area contributed by atoms with Gasteiger partial charge in [0, 0.05) is 51.7 Å². The zero-order chi connectivity index (χ0) is 25.6. The van der Waals surface area contributed by atoms with Gasteiger partial charge in [-0.25, -0.2) is 19.9 Å². The van der Waals surface area contributed by atoms with E-state index in [1.165, 1.54) is 0 Å². The van der Waals surface area contributed by atoms with E-state index < -0.39 is 5.54 Å². The highest BCUT2D eigenvalue weighted by atomic mass is 32.1. The van der Waals surface area contributed by atoms with Gasteiger partial charge in [0.1, 0.15) is 15.4 Å². The topological polar surface area (TPSA) is 118 Å². The molecule has 37 heavy (non-hydrogen) atoms. The molecule has 0 aliphatic carbocycles. The minimum Gasteiger partial charge on any atom is -0.378 e. The first-order valence-electron chi connectivity index (χ1n) is 12.6. The van der Waals surface area contributed by atoms with Crippen molar-refractivity contribution in [1.82, 2.24) is 34.1 Å². The van der Waals surface area contributed by atoms with Crippen molar-refractivity contribution in [3.8, 4) is 11.5 Å². The average molecular weight is 522 g/mol. The predicted octanol–water partition coefficient (Wildman–Crippen LogP) is 1.62. The van der Waals surface area contributed by atoms with Crippen LogP contribution in [0.3, 0.4) is 0 Å². The fourth-order valence-corrected chi connectivity index (χ4v) is 6.03. The number of primary amides is 1. The highest BCUT2D eigenvalue weighted by molar-refractivity contribution is 7.19. The monoisotopic (exact) mass is 521 g/mol. The lowest BCUT2D eigenvalue weighted by Gasteiger charge is -2.42. The minimum absolute atomic E-state index is 0.288. The van der Waals surface area contributed by atoms with E-state index >= 15 is 0 Å². The first-order valence-corrected chi connectivity index (χ1v) is 13.4. The van der Waals surface area contributed by atoms with Crippen LogP contribution < -0.4 is 10.6 Å². The number of hydrogen-bond donors (Lipinski definition) is 1. The number of ether oxygens (including phenoxy) is 1. The number of hydrogen-bond acceptors (Lipinski definition) is 10. The molecule has 0 unspecified atom stereocenters. The quantitative estimate of drug-likeness (QED) is 0.404. The summed E-state index contributed by atoms with van der Waals surface area (Å²) in [4.78, 5) is 38.0. The molecule has 6 rings (SSSR count). The van der Waals surface area contributed by atoms with Crippen LogP contribution in [0.4, 0.5) is 5.82 Å². The van der Waals surface area contributed by atoms with Gasteiger partial charge >= 0.3 is 0 Å². The standard InChI is InChI=1S/C25H31N9O2S/c1-25(2,24(26)35)33-10-8-31(9-11-33)16-19-28-22-20(37-19)23(32-12-14-36-15-13-32)30-21(29-22)17-4-3-5-18-27-6-7-34(17)18/h3-7H,8-16H2,1-2H3,(H2,26,35). The summed E-state index contributed by atoms with van der Waals surface area (Å²) in [6.07, 6.45) is 3.71. The van der Waals surface area contributed by atoms with Crippen molar-refractivity contribution in [2.75, 3.05) is 57.4 Å². The van der Waals surface area contributed by atoms with Gasteiger partial charge in [0.25, 0.3) is 0 Å². The number of piperazine rings is 1. The molecule has 0 saturated carbocycles. The molecule has 0 radical (unpaired) electrons. The lowest BCUT2D eigenvalue weighted by atomic mass is 10.0. The normalized spacial score (nSPS) is 18.2. The lowest BCUT2D eigenvalue weighted by molar-refractivity contribution is -0.129. The Hall–Kier alpha value is -3.19. The molecular formula is C25H31N9O2S. The minimum atomic E-state index is -0.640. The van der Waals surface area contributed by atoms with E-state index in [1.54, 1.807) is 17.5 Å². The molecule has 2 fully saturated rings. The van der Waals surface area contributed by atoms with Gasteiger partial charge in [0.05, 0.1) is 31.0 Å². The molecule has 2 aliphatic heterocycles. The van der Waals surface area contributed by atoms with Crippen LogP contribution in [0.25, 0.3) is 27.5 Å². The smallest absolute Gasteiger partial charge is 0.237 e. The van der Waals surface area contributed by atoms with E-state index in [2.05, 4.69) is 19.7 Å². The SMILES string of the molecule is CC(C)(C(N)=O)N1CCN(Cc2nc3nc(-c4cccc5nccn45)nc(N4CCOCC4)c3s2)CC1. The van der Waals surface area contributed by atoms with Crippen LogP contribution in [0.15, 0.2) is 30.6 Å². The second kappa shape index (κ2) is 9.60. The highest BCUT2D eigenvalue weighted by Crippen LogP contribution is 2.33. The van der Waals surface area contributed by atoms with E-state index in [0.29, 0.717) is 19.0 Å². The fourth-order valence-electron chi connectivity index (χ4n) is 4.97. The number of imidazole rings is 1. The molecule has 0 spiro atoms. The van der Waals surface area contributed by atoms with Crippen LogP contribution in [0.5, 0.6) is 0 Å². The van der Waals surface area contributed by atoms with Crippen LogP contribution in [0.1, 0.15) is 18.9 Å². The van der Waals surface area contributed by atoms with Crippen molar-refractivity contribution in [2.24, 2.45) is 5.73 Å². The zero-order valence-electron chi connectivity index (χ0n) is 21.1. The third-order valence-corrected chi connectivity index (χ3v) is 8.40. The first kappa shape index (κ1) is 24.2. The molecule has 194 valence electrons. The Balaban J connectivity index is 1.31. The molecule has 2 saturated heterocycles. The summed E-state index contributed by atoms with van der Waals surface area (Å²) >= 11 is 1.66. The highest BCUT2D eigenvalue weighted by Gasteiger charge is 2.35. The van der Waals surface area contributed by atoms with Crippen molar-refractivity contribution >= 4 is 39.1 Å². The Morgan fingerprint density at radius 1 is 1.08 bits per heavy atom. The Morgan fingerprint density at radius 2 is 1.86 bits per heavy atom. The number of carbonyl (C=O) groups is 1. The first-order chi connectivity index (χ1) is 17.9. The Bertz CT molecular complexity index is 1430. The number of nitrogens with two attached hydrogens (primary N) is 1. The van der Waals surface area contributed by atoms with Gasteiger partial charge in [0.2, 0.25) is 5.91 Å². The van der Waals surface area contributed by atoms with Gasteiger partial charge in [0.15, 0.2) is 17.3 Å². The molecule has 0 atom stereocenters. The molecule has 4 aromatic rings. The van der Waals surface area contributed by atoms with E-state index in [-0.39, 0.29) is 5.91 Å². The maximum atomic E-state index is 11.9. The molecule has 0 bridgehead atoms. The fraction of sp³-hybridized carbons (Fsp3) is 0.480. The summed E-state index contributed by atoms with van der Waals surface area (Å²) in [6.45, 7) is 10.7. The molecule has 11 nitrogen and oxygen atoms in total. The number of rotatable bonds is 6. The summed E-state index contributed by atoms with van der Waals surface area (Å²) in [7, 11) is 0. The summed E-state index contributed by atoms with van der Waals surface area (Å²) in [5.41, 5.74) is 7.44. The number of morpholine rings is 1. The maximum absolute atomic E-state index is 11.9. The van der Waals surface area contributed by atoms with Crippen molar-refractivity contribution < 1.29 is 9.53 Å². The Kier molecular flexibility index (Phi) is 6.27.